The Labute approximate surface area is 165 Å². The molecule has 0 aliphatic heterocycles. The lowest BCUT2D eigenvalue weighted by Crippen LogP contribution is -2.23. The molecule has 1 heterocycles. The van der Waals surface area contributed by atoms with Crippen molar-refractivity contribution in [1.82, 2.24) is 4.98 Å². The molecule has 3 rings (SSSR count). The van der Waals surface area contributed by atoms with Crippen molar-refractivity contribution in [2.24, 2.45) is 0 Å². The summed E-state index contributed by atoms with van der Waals surface area (Å²) in [4.78, 5) is 16.8. The third kappa shape index (κ3) is 4.56. The highest BCUT2D eigenvalue weighted by atomic mass is 79.9. The number of oxazole rings is 1. The minimum atomic E-state index is -0.325. The minimum Gasteiger partial charge on any atom is -0.431 e. The average molecular weight is 431 g/mol. The molecule has 0 aliphatic rings. The summed E-state index contributed by atoms with van der Waals surface area (Å²) in [6, 6.07) is 15.7. The van der Waals surface area contributed by atoms with Crippen LogP contribution in [0.3, 0.4) is 0 Å². The molecule has 0 bridgehead atoms. The predicted octanol–water partition coefficient (Wildman–Crippen LogP) is 5.79. The second-order valence-electron chi connectivity index (χ2n) is 5.76. The highest BCUT2D eigenvalue weighted by Crippen LogP contribution is 2.29. The Morgan fingerprint density at radius 3 is 2.85 bits per heavy atom. The lowest BCUT2D eigenvalue weighted by Gasteiger charge is -2.12. The number of rotatable bonds is 6. The van der Waals surface area contributed by atoms with Crippen molar-refractivity contribution in [2.75, 3.05) is 5.32 Å². The molecule has 0 unspecified atom stereocenters. The van der Waals surface area contributed by atoms with E-state index in [1.54, 1.807) is 6.20 Å². The SMILES string of the molecule is CCc1ccccc1NC(=O)[C@H](C)Sc1ncc(-c2cccc(Br)c2)o1. The van der Waals surface area contributed by atoms with Gasteiger partial charge in [0.05, 0.1) is 11.4 Å². The zero-order valence-electron chi connectivity index (χ0n) is 14.5. The molecular formula is C20H19BrN2O2S. The smallest absolute Gasteiger partial charge is 0.256 e. The van der Waals surface area contributed by atoms with E-state index in [0.29, 0.717) is 11.0 Å². The van der Waals surface area contributed by atoms with Crippen molar-refractivity contribution in [3.8, 4) is 11.3 Å². The van der Waals surface area contributed by atoms with Gasteiger partial charge in [-0.15, -0.1) is 0 Å². The van der Waals surface area contributed by atoms with E-state index in [4.69, 9.17) is 4.42 Å². The van der Waals surface area contributed by atoms with Crippen LogP contribution in [0.15, 0.2) is 68.8 Å². The van der Waals surface area contributed by atoms with Crippen LogP contribution in [-0.2, 0) is 11.2 Å². The van der Waals surface area contributed by atoms with E-state index >= 15 is 0 Å². The Bertz CT molecular complexity index is 910. The molecule has 2 aromatic carbocycles. The molecule has 26 heavy (non-hydrogen) atoms. The first kappa shape index (κ1) is 18.7. The standard InChI is InChI=1S/C20H19BrN2O2S/c1-3-14-7-4-5-10-17(14)23-19(24)13(2)26-20-22-12-18(25-20)15-8-6-9-16(21)11-15/h4-13H,3H2,1-2H3,(H,23,24)/t13-/m0/s1. The maximum Gasteiger partial charge on any atom is 0.256 e. The molecular weight excluding hydrogens is 412 g/mol. The number of aromatic nitrogens is 1. The number of anilines is 1. The van der Waals surface area contributed by atoms with Gasteiger partial charge in [0, 0.05) is 15.7 Å². The van der Waals surface area contributed by atoms with Gasteiger partial charge in [0.1, 0.15) is 0 Å². The topological polar surface area (TPSA) is 55.1 Å². The van der Waals surface area contributed by atoms with E-state index < -0.39 is 0 Å². The van der Waals surface area contributed by atoms with E-state index in [9.17, 15) is 4.79 Å². The molecule has 0 saturated heterocycles. The molecule has 0 spiro atoms. The lowest BCUT2D eigenvalue weighted by atomic mass is 10.1. The van der Waals surface area contributed by atoms with Gasteiger partial charge in [-0.25, -0.2) is 4.98 Å². The van der Waals surface area contributed by atoms with E-state index in [1.807, 2.05) is 55.5 Å². The molecule has 3 aromatic rings. The van der Waals surface area contributed by atoms with Gasteiger partial charge in [0.15, 0.2) is 5.76 Å². The maximum atomic E-state index is 12.5. The number of nitrogens with zero attached hydrogens (tertiary/aromatic N) is 1. The molecule has 4 nitrogen and oxygen atoms in total. The number of halogens is 1. The predicted molar refractivity (Wildman–Crippen MR) is 109 cm³/mol. The van der Waals surface area contributed by atoms with Gasteiger partial charge in [-0.05, 0) is 37.1 Å². The van der Waals surface area contributed by atoms with Gasteiger partial charge in [-0.3, -0.25) is 4.79 Å². The highest BCUT2D eigenvalue weighted by Gasteiger charge is 2.19. The number of hydrogen-bond donors (Lipinski definition) is 1. The summed E-state index contributed by atoms with van der Waals surface area (Å²) in [6.07, 6.45) is 2.55. The number of carbonyl (C=O) groups is 1. The van der Waals surface area contributed by atoms with Gasteiger partial charge in [0.2, 0.25) is 5.91 Å². The molecule has 6 heteroatoms. The molecule has 0 radical (unpaired) electrons. The van der Waals surface area contributed by atoms with E-state index in [0.717, 1.165) is 27.7 Å². The number of amides is 1. The molecule has 1 amide bonds. The summed E-state index contributed by atoms with van der Waals surface area (Å²) in [6.45, 7) is 3.91. The van der Waals surface area contributed by atoms with E-state index in [2.05, 4.69) is 33.2 Å². The lowest BCUT2D eigenvalue weighted by molar-refractivity contribution is -0.115. The minimum absolute atomic E-state index is 0.0712. The van der Waals surface area contributed by atoms with Crippen LogP contribution in [0.5, 0.6) is 0 Å². The summed E-state index contributed by atoms with van der Waals surface area (Å²) >= 11 is 4.75. The van der Waals surface area contributed by atoms with Crippen LogP contribution in [0, 0.1) is 0 Å². The first-order chi connectivity index (χ1) is 12.6. The quantitative estimate of drug-likeness (QED) is 0.503. The Balaban J connectivity index is 1.66. The van der Waals surface area contributed by atoms with Crippen molar-refractivity contribution in [1.29, 1.82) is 0 Å². The number of carbonyl (C=O) groups excluding carboxylic acids is 1. The van der Waals surface area contributed by atoms with Crippen molar-refractivity contribution in [3.05, 3.63) is 64.8 Å². The summed E-state index contributed by atoms with van der Waals surface area (Å²) in [5.74, 6) is 0.607. The Hall–Kier alpha value is -2.05. The third-order valence-electron chi connectivity index (χ3n) is 3.90. The summed E-state index contributed by atoms with van der Waals surface area (Å²) in [7, 11) is 0. The summed E-state index contributed by atoms with van der Waals surface area (Å²) in [5.41, 5.74) is 2.91. The Kier molecular flexibility index (Phi) is 6.16. The molecule has 134 valence electrons. The second-order valence-corrected chi connectivity index (χ2v) is 7.97. The van der Waals surface area contributed by atoms with Gasteiger partial charge in [-0.2, -0.15) is 0 Å². The molecule has 1 N–H and O–H groups in total. The number of hydrogen-bond acceptors (Lipinski definition) is 4. The molecule has 0 saturated carbocycles. The van der Waals surface area contributed by atoms with Crippen LogP contribution in [-0.4, -0.2) is 16.1 Å². The Morgan fingerprint density at radius 2 is 2.08 bits per heavy atom. The highest BCUT2D eigenvalue weighted by molar-refractivity contribution is 9.10. The van der Waals surface area contributed by atoms with Gasteiger partial charge in [0.25, 0.3) is 5.22 Å². The van der Waals surface area contributed by atoms with Crippen molar-refractivity contribution in [2.45, 2.75) is 30.7 Å². The zero-order valence-corrected chi connectivity index (χ0v) is 16.9. The fraction of sp³-hybridized carbons (Fsp3) is 0.200. The largest absolute Gasteiger partial charge is 0.431 e. The first-order valence-corrected chi connectivity index (χ1v) is 10.0. The van der Waals surface area contributed by atoms with E-state index in [-0.39, 0.29) is 11.2 Å². The third-order valence-corrected chi connectivity index (χ3v) is 5.35. The van der Waals surface area contributed by atoms with Crippen LogP contribution in [0.2, 0.25) is 0 Å². The molecule has 0 aliphatic carbocycles. The second kappa shape index (κ2) is 8.56. The number of aryl methyl sites for hydroxylation is 1. The number of thioether (sulfide) groups is 1. The van der Waals surface area contributed by atoms with E-state index in [1.165, 1.54) is 11.8 Å². The van der Waals surface area contributed by atoms with Crippen LogP contribution >= 0.6 is 27.7 Å². The number of nitrogens with one attached hydrogen (secondary N) is 1. The monoisotopic (exact) mass is 430 g/mol. The van der Waals surface area contributed by atoms with Gasteiger partial charge >= 0.3 is 0 Å². The fourth-order valence-corrected chi connectivity index (χ4v) is 3.60. The number of para-hydroxylation sites is 1. The fourth-order valence-electron chi connectivity index (χ4n) is 2.48. The van der Waals surface area contributed by atoms with Crippen LogP contribution < -0.4 is 5.32 Å². The van der Waals surface area contributed by atoms with Crippen LogP contribution in [0.4, 0.5) is 5.69 Å². The van der Waals surface area contributed by atoms with Gasteiger partial charge < -0.3 is 9.73 Å². The molecule has 1 atom stereocenters. The zero-order chi connectivity index (χ0) is 18.5. The first-order valence-electron chi connectivity index (χ1n) is 8.34. The number of benzene rings is 2. The van der Waals surface area contributed by atoms with Gasteiger partial charge in [-0.1, -0.05) is 64.9 Å². The maximum absolute atomic E-state index is 12.5. The summed E-state index contributed by atoms with van der Waals surface area (Å²) in [5, 5.41) is 3.15. The van der Waals surface area contributed by atoms with Crippen LogP contribution in [0.25, 0.3) is 11.3 Å². The van der Waals surface area contributed by atoms with Crippen molar-refractivity contribution < 1.29 is 9.21 Å². The summed E-state index contributed by atoms with van der Waals surface area (Å²) < 4.78 is 6.77. The van der Waals surface area contributed by atoms with Crippen molar-refractivity contribution >= 4 is 39.3 Å². The van der Waals surface area contributed by atoms with Crippen LogP contribution in [0.1, 0.15) is 19.4 Å². The normalized spacial score (nSPS) is 12.0. The Morgan fingerprint density at radius 1 is 1.27 bits per heavy atom. The van der Waals surface area contributed by atoms with Crippen molar-refractivity contribution in [3.63, 3.8) is 0 Å². The average Bonchev–Trinajstić information content (AvgIpc) is 3.10. The molecule has 1 aromatic heterocycles. The molecule has 0 fully saturated rings.